The largest absolute Gasteiger partial charge is 0.327 e. The van der Waals surface area contributed by atoms with Gasteiger partial charge in [0.25, 0.3) is 5.91 Å². The maximum absolute atomic E-state index is 12.7. The van der Waals surface area contributed by atoms with Crippen molar-refractivity contribution in [3.05, 3.63) is 53.5 Å². The highest BCUT2D eigenvalue weighted by molar-refractivity contribution is 7.80. The molecule has 1 aromatic heterocycles. The van der Waals surface area contributed by atoms with Crippen LogP contribution in [-0.4, -0.2) is 20.8 Å². The second kappa shape index (κ2) is 6.34. The van der Waals surface area contributed by atoms with E-state index in [1.54, 1.807) is 11.0 Å². The highest BCUT2D eigenvalue weighted by Gasteiger charge is 2.33. The SMILES string of the molecule is CCc1ccccc1N1C(=O)/C(=C\c2ccn(CC)n2)NC1=S. The van der Waals surface area contributed by atoms with E-state index >= 15 is 0 Å². The summed E-state index contributed by atoms with van der Waals surface area (Å²) in [5, 5.41) is 7.77. The topological polar surface area (TPSA) is 50.2 Å². The number of rotatable bonds is 4. The maximum atomic E-state index is 12.7. The van der Waals surface area contributed by atoms with Crippen LogP contribution >= 0.6 is 12.2 Å². The minimum absolute atomic E-state index is 0.151. The number of para-hydroxylation sites is 1. The Morgan fingerprint density at radius 2 is 2.04 bits per heavy atom. The number of nitrogens with one attached hydrogen (secondary N) is 1. The lowest BCUT2D eigenvalue weighted by Gasteiger charge is -2.17. The predicted molar refractivity (Wildman–Crippen MR) is 94.9 cm³/mol. The lowest BCUT2D eigenvalue weighted by molar-refractivity contribution is -0.113. The molecular formula is C17H18N4OS. The smallest absolute Gasteiger partial charge is 0.281 e. The third-order valence-corrected chi connectivity index (χ3v) is 4.05. The first-order valence-electron chi connectivity index (χ1n) is 7.62. The average molecular weight is 326 g/mol. The van der Waals surface area contributed by atoms with Crippen LogP contribution in [0.3, 0.4) is 0 Å². The molecule has 0 spiro atoms. The van der Waals surface area contributed by atoms with Gasteiger partial charge in [-0.05, 0) is 49.3 Å². The van der Waals surface area contributed by atoms with Crippen LogP contribution in [-0.2, 0) is 17.8 Å². The van der Waals surface area contributed by atoms with Crippen LogP contribution in [0.1, 0.15) is 25.1 Å². The Morgan fingerprint density at radius 3 is 2.74 bits per heavy atom. The molecule has 0 saturated carbocycles. The number of aryl methyl sites for hydroxylation is 2. The van der Waals surface area contributed by atoms with Crippen LogP contribution < -0.4 is 10.2 Å². The molecule has 2 aromatic rings. The van der Waals surface area contributed by atoms with Gasteiger partial charge in [-0.25, -0.2) is 0 Å². The third kappa shape index (κ3) is 2.90. The highest BCUT2D eigenvalue weighted by atomic mass is 32.1. The van der Waals surface area contributed by atoms with Crippen molar-refractivity contribution in [1.82, 2.24) is 15.1 Å². The molecule has 1 fully saturated rings. The normalized spacial score (nSPS) is 16.3. The third-order valence-electron chi connectivity index (χ3n) is 3.77. The number of hydrogen-bond acceptors (Lipinski definition) is 3. The molecule has 6 heteroatoms. The van der Waals surface area contributed by atoms with Gasteiger partial charge < -0.3 is 5.32 Å². The number of anilines is 1. The van der Waals surface area contributed by atoms with Gasteiger partial charge in [-0.15, -0.1) is 0 Å². The molecule has 1 aromatic carbocycles. The molecule has 0 bridgehead atoms. The van der Waals surface area contributed by atoms with Gasteiger partial charge >= 0.3 is 0 Å². The number of aromatic nitrogens is 2. The first-order valence-corrected chi connectivity index (χ1v) is 8.03. The molecule has 0 atom stereocenters. The van der Waals surface area contributed by atoms with Crippen molar-refractivity contribution in [1.29, 1.82) is 0 Å². The van der Waals surface area contributed by atoms with E-state index in [2.05, 4.69) is 17.3 Å². The number of nitrogens with zero attached hydrogens (tertiary/aromatic N) is 3. The van der Waals surface area contributed by atoms with Gasteiger partial charge in [-0.1, -0.05) is 25.1 Å². The molecule has 5 nitrogen and oxygen atoms in total. The zero-order chi connectivity index (χ0) is 16.4. The van der Waals surface area contributed by atoms with Crippen molar-refractivity contribution in [2.75, 3.05) is 4.90 Å². The maximum Gasteiger partial charge on any atom is 0.281 e. The summed E-state index contributed by atoms with van der Waals surface area (Å²) in [6.07, 6.45) is 4.45. The van der Waals surface area contributed by atoms with E-state index in [9.17, 15) is 4.79 Å². The Balaban J connectivity index is 1.93. The minimum Gasteiger partial charge on any atom is -0.327 e. The lowest BCUT2D eigenvalue weighted by atomic mass is 10.1. The Bertz CT molecular complexity index is 793. The van der Waals surface area contributed by atoms with Crippen molar-refractivity contribution in [2.24, 2.45) is 0 Å². The van der Waals surface area contributed by atoms with E-state index in [4.69, 9.17) is 12.2 Å². The van der Waals surface area contributed by atoms with Crippen molar-refractivity contribution in [2.45, 2.75) is 26.8 Å². The second-order valence-electron chi connectivity index (χ2n) is 5.21. The fourth-order valence-corrected chi connectivity index (χ4v) is 2.85. The molecule has 1 saturated heterocycles. The molecule has 0 aliphatic carbocycles. The van der Waals surface area contributed by atoms with Gasteiger partial charge in [0.15, 0.2) is 5.11 Å². The van der Waals surface area contributed by atoms with E-state index < -0.39 is 0 Å². The number of hydrogen-bond donors (Lipinski definition) is 1. The van der Waals surface area contributed by atoms with Gasteiger partial charge in [-0.2, -0.15) is 5.10 Å². The van der Waals surface area contributed by atoms with Gasteiger partial charge in [-0.3, -0.25) is 14.4 Å². The number of benzene rings is 1. The Kier molecular flexibility index (Phi) is 4.25. The molecule has 3 rings (SSSR count). The first kappa shape index (κ1) is 15.4. The van der Waals surface area contributed by atoms with Gasteiger partial charge in [0.1, 0.15) is 5.70 Å². The van der Waals surface area contributed by atoms with E-state index in [-0.39, 0.29) is 5.91 Å². The zero-order valence-corrected chi connectivity index (χ0v) is 13.9. The fourth-order valence-electron chi connectivity index (χ4n) is 2.56. The molecular weight excluding hydrogens is 308 g/mol. The monoisotopic (exact) mass is 326 g/mol. The molecule has 1 aliphatic heterocycles. The molecule has 0 unspecified atom stereocenters. The predicted octanol–water partition coefficient (Wildman–Crippen LogP) is 2.73. The van der Waals surface area contributed by atoms with E-state index in [1.165, 1.54) is 0 Å². The van der Waals surface area contributed by atoms with Crippen LogP contribution in [0.25, 0.3) is 6.08 Å². The van der Waals surface area contributed by atoms with Crippen molar-refractivity contribution < 1.29 is 4.79 Å². The number of carbonyl (C=O) groups excluding carboxylic acids is 1. The molecule has 0 radical (unpaired) electrons. The van der Waals surface area contributed by atoms with E-state index in [0.717, 1.165) is 29.9 Å². The number of amides is 1. The van der Waals surface area contributed by atoms with Crippen molar-refractivity contribution in [3.63, 3.8) is 0 Å². The van der Waals surface area contributed by atoms with E-state index in [1.807, 2.05) is 48.1 Å². The van der Waals surface area contributed by atoms with Gasteiger partial charge in [0.05, 0.1) is 11.4 Å². The summed E-state index contributed by atoms with van der Waals surface area (Å²) in [7, 11) is 0. The van der Waals surface area contributed by atoms with Crippen molar-refractivity contribution >= 4 is 35.0 Å². The Labute approximate surface area is 140 Å². The summed E-state index contributed by atoms with van der Waals surface area (Å²) in [4.78, 5) is 14.3. The van der Waals surface area contributed by atoms with Crippen LogP contribution in [0.5, 0.6) is 0 Å². The lowest BCUT2D eigenvalue weighted by Crippen LogP contribution is -2.31. The summed E-state index contributed by atoms with van der Waals surface area (Å²) >= 11 is 5.36. The Morgan fingerprint density at radius 1 is 1.26 bits per heavy atom. The molecule has 23 heavy (non-hydrogen) atoms. The summed E-state index contributed by atoms with van der Waals surface area (Å²) in [6, 6.07) is 9.68. The molecule has 1 amide bonds. The molecule has 118 valence electrons. The quantitative estimate of drug-likeness (QED) is 0.693. The fraction of sp³-hybridized carbons (Fsp3) is 0.235. The summed E-state index contributed by atoms with van der Waals surface area (Å²) < 4.78 is 1.81. The summed E-state index contributed by atoms with van der Waals surface area (Å²) in [6.45, 7) is 4.87. The molecule has 1 N–H and O–H groups in total. The van der Waals surface area contributed by atoms with Crippen molar-refractivity contribution in [3.8, 4) is 0 Å². The van der Waals surface area contributed by atoms with E-state index in [0.29, 0.717) is 10.8 Å². The zero-order valence-electron chi connectivity index (χ0n) is 13.1. The van der Waals surface area contributed by atoms with Crippen LogP contribution in [0, 0.1) is 0 Å². The van der Waals surface area contributed by atoms with Crippen LogP contribution in [0.4, 0.5) is 5.69 Å². The molecule has 1 aliphatic rings. The van der Waals surface area contributed by atoms with Crippen LogP contribution in [0.2, 0.25) is 0 Å². The number of thiocarbonyl (C=S) groups is 1. The number of carbonyl (C=O) groups is 1. The highest BCUT2D eigenvalue weighted by Crippen LogP contribution is 2.26. The van der Waals surface area contributed by atoms with Gasteiger partial charge in [0.2, 0.25) is 0 Å². The second-order valence-corrected chi connectivity index (χ2v) is 5.59. The average Bonchev–Trinajstić information content (AvgIpc) is 3.12. The molecule has 2 heterocycles. The standard InChI is InChI=1S/C17H18N4OS/c1-3-12-7-5-6-8-15(12)21-16(22)14(18-17(21)23)11-13-9-10-20(4-2)19-13/h5-11H,3-4H2,1-2H3,(H,18,23)/b14-11+. The summed E-state index contributed by atoms with van der Waals surface area (Å²) in [5.41, 5.74) is 3.10. The first-order chi connectivity index (χ1) is 11.1. The minimum atomic E-state index is -0.151. The van der Waals surface area contributed by atoms with Crippen LogP contribution in [0.15, 0.2) is 42.2 Å². The van der Waals surface area contributed by atoms with Gasteiger partial charge in [0, 0.05) is 12.7 Å². The summed E-state index contributed by atoms with van der Waals surface area (Å²) in [5.74, 6) is -0.151. The Hall–Kier alpha value is -2.47.